The first-order chi connectivity index (χ1) is 22.2. The number of rotatable bonds is 8. The zero-order chi connectivity index (χ0) is 33.1. The first kappa shape index (κ1) is 30.8. The van der Waals surface area contributed by atoms with Crippen molar-refractivity contribution in [3.05, 3.63) is 71.1 Å². The van der Waals surface area contributed by atoms with Gasteiger partial charge in [0.15, 0.2) is 20.5 Å². The summed E-state index contributed by atoms with van der Waals surface area (Å²) in [7, 11) is -7.90. The maximum Gasteiger partial charge on any atom is 0.267 e. The summed E-state index contributed by atoms with van der Waals surface area (Å²) in [4.78, 5) is 13.4. The average Bonchev–Trinajstić information content (AvgIpc) is 3.38. The number of aromatic nitrogens is 3. The first-order valence-electron chi connectivity index (χ1n) is 15.3. The van der Waals surface area contributed by atoms with Crippen molar-refractivity contribution in [2.45, 2.75) is 72.8 Å². The molecule has 2 atom stereocenters. The zero-order valence-electron chi connectivity index (χ0n) is 25.3. The highest BCUT2D eigenvalue weighted by atomic mass is 32.2. The van der Waals surface area contributed by atoms with E-state index in [4.69, 9.17) is 9.97 Å². The molecule has 5 aliphatic rings. The van der Waals surface area contributed by atoms with E-state index in [0.717, 1.165) is 42.5 Å². The van der Waals surface area contributed by atoms with E-state index in [9.17, 15) is 25.6 Å². The molecule has 15 heteroatoms. The third-order valence-electron chi connectivity index (χ3n) is 10.9. The van der Waals surface area contributed by atoms with Crippen LogP contribution in [0.15, 0.2) is 53.6 Å². The summed E-state index contributed by atoms with van der Waals surface area (Å²) in [6, 6.07) is 8.46. The normalized spacial score (nSPS) is 30.1. The van der Waals surface area contributed by atoms with E-state index < -0.39 is 47.9 Å². The maximum absolute atomic E-state index is 16.2. The van der Waals surface area contributed by atoms with E-state index >= 15 is 4.39 Å². The van der Waals surface area contributed by atoms with E-state index in [-0.39, 0.29) is 38.6 Å². The number of hydrogen-bond acceptors (Lipinski definition) is 9. The Morgan fingerprint density at radius 1 is 0.915 bits per heavy atom. The lowest BCUT2D eigenvalue weighted by atomic mass is 9.45. The van der Waals surface area contributed by atoms with Crippen molar-refractivity contribution in [2.75, 3.05) is 10.0 Å². The number of sulfonamides is 1. The Balaban J connectivity index is 1.12. The fraction of sp³-hybridized carbons (Fsp3) is 0.406. The molecule has 0 amide bonds. The summed E-state index contributed by atoms with van der Waals surface area (Å²) in [6.45, 7) is 3.55. The van der Waals surface area contributed by atoms with Gasteiger partial charge in [0.2, 0.25) is 5.95 Å². The van der Waals surface area contributed by atoms with Crippen molar-refractivity contribution >= 4 is 42.8 Å². The van der Waals surface area contributed by atoms with Crippen molar-refractivity contribution in [3.63, 3.8) is 0 Å². The van der Waals surface area contributed by atoms with E-state index in [2.05, 4.69) is 10.3 Å². The van der Waals surface area contributed by atoms with Crippen LogP contribution in [0.25, 0.3) is 21.8 Å². The van der Waals surface area contributed by atoms with Crippen molar-refractivity contribution in [3.8, 4) is 21.8 Å². The Labute approximate surface area is 274 Å². The highest BCUT2D eigenvalue weighted by Gasteiger charge is 2.67. The molecule has 4 aromatic rings. The van der Waals surface area contributed by atoms with E-state index in [1.54, 1.807) is 26.1 Å². The molecule has 2 aromatic carbocycles. The van der Waals surface area contributed by atoms with Crippen LogP contribution < -0.4 is 10.0 Å². The third kappa shape index (κ3) is 4.48. The fourth-order valence-corrected chi connectivity index (χ4v) is 12.9. The summed E-state index contributed by atoms with van der Waals surface area (Å²) in [6.07, 6.45) is 5.97. The van der Waals surface area contributed by atoms with E-state index in [1.165, 1.54) is 29.5 Å². The zero-order valence-corrected chi connectivity index (χ0v) is 27.7. The Bertz CT molecular complexity index is 2130. The predicted octanol–water partition coefficient (Wildman–Crippen LogP) is 6.30. The molecular weight excluding hydrogens is 672 g/mol. The van der Waals surface area contributed by atoms with Gasteiger partial charge in [0.1, 0.15) is 16.6 Å². The lowest BCUT2D eigenvalue weighted by Gasteiger charge is -2.61. The summed E-state index contributed by atoms with van der Waals surface area (Å²) in [5.41, 5.74) is -0.00846. The number of benzene rings is 2. The molecule has 2 aromatic heterocycles. The van der Waals surface area contributed by atoms with Gasteiger partial charge in [-0.25, -0.2) is 45.0 Å². The minimum Gasteiger partial charge on any atom is -0.351 e. The number of nitrogens with one attached hydrogen (secondary N) is 2. The van der Waals surface area contributed by atoms with Gasteiger partial charge in [0.05, 0.1) is 32.5 Å². The van der Waals surface area contributed by atoms with Crippen LogP contribution >= 0.6 is 11.3 Å². The summed E-state index contributed by atoms with van der Waals surface area (Å²) in [5.74, 6) is -2.53. The SMILES string of the molecule is CC1C2(CC(Nc3nccc(-c4sc(C56CC(C5)C6)nc4-c4cccc(NS(=O)(=O)c5c(F)cccc5F)c4F)n3)C2)C(C)S1(=O)=O. The number of sulfone groups is 1. The molecule has 1 aliphatic heterocycles. The molecule has 9 nitrogen and oxygen atoms in total. The number of anilines is 2. The number of thiazole rings is 1. The Morgan fingerprint density at radius 2 is 1.57 bits per heavy atom. The molecule has 47 heavy (non-hydrogen) atoms. The number of nitrogens with zero attached hydrogens (tertiary/aromatic N) is 3. The Kier molecular flexibility index (Phi) is 6.69. The molecule has 9 rings (SSSR count). The van der Waals surface area contributed by atoms with Gasteiger partial charge in [0.25, 0.3) is 10.0 Å². The van der Waals surface area contributed by atoms with Crippen LogP contribution in [0, 0.1) is 28.8 Å². The summed E-state index contributed by atoms with van der Waals surface area (Å²) >= 11 is 1.42. The molecule has 2 unspecified atom stereocenters. The van der Waals surface area contributed by atoms with Crippen LogP contribution in [0.5, 0.6) is 0 Å². The van der Waals surface area contributed by atoms with Gasteiger partial charge < -0.3 is 5.32 Å². The van der Waals surface area contributed by atoms with Crippen molar-refractivity contribution in [1.29, 1.82) is 0 Å². The molecule has 5 fully saturated rings. The van der Waals surface area contributed by atoms with Gasteiger partial charge in [-0.3, -0.25) is 4.72 Å². The van der Waals surface area contributed by atoms with Crippen molar-refractivity contribution in [2.24, 2.45) is 11.3 Å². The molecule has 4 aliphatic carbocycles. The minimum atomic E-state index is -4.82. The lowest BCUT2D eigenvalue weighted by Crippen LogP contribution is -2.70. The summed E-state index contributed by atoms with van der Waals surface area (Å²) < 4.78 is 97.6. The molecule has 2 N–H and O–H groups in total. The summed E-state index contributed by atoms with van der Waals surface area (Å²) in [5, 5.41) is 3.42. The molecule has 246 valence electrons. The lowest BCUT2D eigenvalue weighted by molar-refractivity contribution is -0.0274. The van der Waals surface area contributed by atoms with Gasteiger partial charge in [0, 0.05) is 28.6 Å². The molecule has 4 saturated carbocycles. The molecule has 2 bridgehead atoms. The van der Waals surface area contributed by atoms with E-state index in [1.807, 2.05) is 4.72 Å². The second-order valence-electron chi connectivity index (χ2n) is 13.4. The highest BCUT2D eigenvalue weighted by Crippen LogP contribution is 2.66. The van der Waals surface area contributed by atoms with Gasteiger partial charge >= 0.3 is 0 Å². The van der Waals surface area contributed by atoms with Crippen molar-refractivity contribution in [1.82, 2.24) is 15.0 Å². The van der Waals surface area contributed by atoms with Gasteiger partial charge in [-0.15, -0.1) is 11.3 Å². The minimum absolute atomic E-state index is 0.00403. The third-order valence-corrected chi connectivity index (χ3v) is 16.5. The monoisotopic (exact) mass is 701 g/mol. The predicted molar refractivity (Wildman–Crippen MR) is 172 cm³/mol. The van der Waals surface area contributed by atoms with Crippen molar-refractivity contribution < 1.29 is 30.0 Å². The molecule has 3 heterocycles. The van der Waals surface area contributed by atoms with Crippen LogP contribution in [-0.2, 0) is 25.3 Å². The van der Waals surface area contributed by atoms with Crippen LogP contribution in [-0.4, -0.2) is 48.3 Å². The largest absolute Gasteiger partial charge is 0.351 e. The topological polar surface area (TPSA) is 131 Å². The van der Waals surface area contributed by atoms with Crippen LogP contribution in [0.4, 0.5) is 24.8 Å². The molecule has 1 saturated heterocycles. The number of hydrogen-bond donors (Lipinski definition) is 2. The second-order valence-corrected chi connectivity index (χ2v) is 18.6. The highest BCUT2D eigenvalue weighted by molar-refractivity contribution is 7.94. The van der Waals surface area contributed by atoms with Gasteiger partial charge in [-0.05, 0) is 82.2 Å². The smallest absolute Gasteiger partial charge is 0.267 e. The Hall–Kier alpha value is -3.56. The average molecular weight is 702 g/mol. The van der Waals surface area contributed by atoms with Crippen LogP contribution in [0.2, 0.25) is 0 Å². The first-order valence-corrected chi connectivity index (χ1v) is 19.2. The van der Waals surface area contributed by atoms with Gasteiger partial charge in [-0.1, -0.05) is 12.1 Å². The van der Waals surface area contributed by atoms with Crippen LogP contribution in [0.3, 0.4) is 0 Å². The quantitative estimate of drug-likeness (QED) is 0.219. The fourth-order valence-electron chi connectivity index (χ4n) is 7.95. The molecule has 1 spiro atoms. The van der Waals surface area contributed by atoms with Gasteiger partial charge in [-0.2, -0.15) is 0 Å². The number of halogens is 3. The molecular formula is C32H30F3N5O4S3. The maximum atomic E-state index is 16.2. The standard InChI is InChI=1S/C32H30F3N5O4S3/c1-16-32(17(2)46(16,41)42)14-19(15-32)37-30-36-10-9-24(38-30)27-26(39-29(45-27)31-11-18(12-31)13-31)20-5-3-8-23(25(20)35)40-47(43,44)28-21(33)6-4-7-22(28)34/h3-10,16-19,40H,11-15H2,1-2H3,(H,36,37,38). The van der Waals surface area contributed by atoms with Crippen LogP contribution in [0.1, 0.15) is 51.0 Å². The van der Waals surface area contributed by atoms with E-state index in [0.29, 0.717) is 35.3 Å². The second kappa shape index (κ2) is 10.2. The Morgan fingerprint density at radius 3 is 2.21 bits per heavy atom. The molecule has 0 radical (unpaired) electrons.